The van der Waals surface area contributed by atoms with Crippen molar-refractivity contribution >= 4 is 55.9 Å². The van der Waals surface area contributed by atoms with E-state index in [4.69, 9.17) is 4.42 Å². The number of hydrogen-bond acceptors (Lipinski definition) is 5. The van der Waals surface area contributed by atoms with Crippen molar-refractivity contribution in [1.82, 2.24) is 9.88 Å². The van der Waals surface area contributed by atoms with Gasteiger partial charge in [-0.1, -0.05) is 12.1 Å². The molecule has 0 bridgehead atoms. The Balaban J connectivity index is 1.39. The van der Waals surface area contributed by atoms with Crippen LogP contribution in [0.5, 0.6) is 0 Å². The number of rotatable bonds is 5. The summed E-state index contributed by atoms with van der Waals surface area (Å²) in [6, 6.07) is 18.3. The summed E-state index contributed by atoms with van der Waals surface area (Å²) in [7, 11) is 1.60. The van der Waals surface area contributed by atoms with Crippen molar-refractivity contribution in [1.29, 1.82) is 0 Å². The minimum absolute atomic E-state index is 0.0404. The van der Waals surface area contributed by atoms with E-state index in [1.54, 1.807) is 25.2 Å². The molecule has 2 aromatic heterocycles. The molecule has 8 heteroatoms. The summed E-state index contributed by atoms with van der Waals surface area (Å²) in [5.41, 5.74) is 2.97. The second-order valence-corrected chi connectivity index (χ2v) is 8.84. The summed E-state index contributed by atoms with van der Waals surface area (Å²) < 4.78 is 6.63. The van der Waals surface area contributed by atoms with Gasteiger partial charge >= 0.3 is 0 Å². The summed E-state index contributed by atoms with van der Waals surface area (Å²) in [4.78, 5) is 31.1. The van der Waals surface area contributed by atoms with Crippen molar-refractivity contribution in [3.63, 3.8) is 0 Å². The monoisotopic (exact) mass is 469 g/mol. The number of carbonyl (C=O) groups excluding carboxylic acids is 2. The smallest absolute Gasteiger partial charge is 0.264 e. The van der Waals surface area contributed by atoms with Gasteiger partial charge in [0.2, 0.25) is 11.8 Å². The Labute approximate surface area is 179 Å². The number of para-hydroxylation sites is 2. The van der Waals surface area contributed by atoms with E-state index in [-0.39, 0.29) is 18.4 Å². The van der Waals surface area contributed by atoms with Crippen LogP contribution in [0.4, 0.5) is 5.69 Å². The van der Waals surface area contributed by atoms with Gasteiger partial charge in [-0.2, -0.15) is 0 Å². The lowest BCUT2D eigenvalue weighted by Crippen LogP contribution is -2.34. The fourth-order valence-corrected chi connectivity index (χ4v) is 4.18. The van der Waals surface area contributed by atoms with Gasteiger partial charge in [0.15, 0.2) is 5.58 Å². The van der Waals surface area contributed by atoms with Crippen molar-refractivity contribution < 1.29 is 14.0 Å². The molecular formula is C21H16BrN3O3S. The maximum absolute atomic E-state index is 12.3. The third kappa shape index (κ3) is 4.38. The zero-order valence-corrected chi connectivity index (χ0v) is 17.8. The number of halogens is 1. The molecule has 2 amide bonds. The lowest BCUT2D eigenvalue weighted by atomic mass is 10.2. The summed E-state index contributed by atoms with van der Waals surface area (Å²) in [6.45, 7) is -0.0404. The number of anilines is 1. The minimum Gasteiger partial charge on any atom is -0.436 e. The van der Waals surface area contributed by atoms with Crippen LogP contribution in [0.15, 0.2) is 68.9 Å². The highest BCUT2D eigenvalue weighted by Crippen LogP contribution is 2.25. The van der Waals surface area contributed by atoms with Crippen LogP contribution in [-0.4, -0.2) is 35.3 Å². The lowest BCUT2D eigenvalue weighted by Gasteiger charge is -2.16. The van der Waals surface area contributed by atoms with Gasteiger partial charge < -0.3 is 14.6 Å². The third-order valence-corrected chi connectivity index (χ3v) is 5.83. The number of oxazole rings is 1. The molecule has 0 saturated carbocycles. The molecule has 2 aromatic carbocycles. The van der Waals surface area contributed by atoms with Gasteiger partial charge in [0.25, 0.3) is 5.91 Å². The quantitative estimate of drug-likeness (QED) is 0.444. The maximum atomic E-state index is 12.3. The lowest BCUT2D eigenvalue weighted by molar-refractivity contribution is -0.116. The van der Waals surface area contributed by atoms with Crippen molar-refractivity contribution in [2.24, 2.45) is 0 Å². The highest BCUT2D eigenvalue weighted by atomic mass is 79.9. The second-order valence-electron chi connectivity index (χ2n) is 6.38. The van der Waals surface area contributed by atoms with Crippen molar-refractivity contribution in [2.45, 2.75) is 0 Å². The van der Waals surface area contributed by atoms with Crippen LogP contribution in [0.3, 0.4) is 0 Å². The number of aromatic nitrogens is 1. The molecule has 0 aliphatic rings. The van der Waals surface area contributed by atoms with Gasteiger partial charge in [-0.3, -0.25) is 9.59 Å². The first kappa shape index (κ1) is 19.4. The molecule has 0 fully saturated rings. The number of amides is 2. The summed E-state index contributed by atoms with van der Waals surface area (Å²) in [6.07, 6.45) is 0. The number of benzene rings is 2. The summed E-state index contributed by atoms with van der Waals surface area (Å²) in [5, 5.41) is 2.80. The Kier molecular flexibility index (Phi) is 5.46. The van der Waals surface area contributed by atoms with Gasteiger partial charge in [0.05, 0.1) is 15.2 Å². The molecule has 0 unspecified atom stereocenters. The molecule has 146 valence electrons. The van der Waals surface area contributed by atoms with Crippen molar-refractivity contribution in [2.75, 3.05) is 18.9 Å². The first-order valence-corrected chi connectivity index (χ1v) is 10.4. The first-order valence-electron chi connectivity index (χ1n) is 8.76. The molecule has 1 N–H and O–H groups in total. The number of hydrogen-bond donors (Lipinski definition) is 1. The summed E-state index contributed by atoms with van der Waals surface area (Å²) >= 11 is 4.67. The van der Waals surface area contributed by atoms with Crippen LogP contribution < -0.4 is 5.32 Å². The van der Waals surface area contributed by atoms with Crippen molar-refractivity contribution in [3.05, 3.63) is 69.3 Å². The topological polar surface area (TPSA) is 75.4 Å². The average Bonchev–Trinajstić information content (AvgIpc) is 3.34. The van der Waals surface area contributed by atoms with E-state index in [0.717, 1.165) is 20.4 Å². The Morgan fingerprint density at radius 2 is 1.86 bits per heavy atom. The third-order valence-electron chi connectivity index (χ3n) is 4.22. The Morgan fingerprint density at radius 3 is 2.55 bits per heavy atom. The highest BCUT2D eigenvalue weighted by molar-refractivity contribution is 9.11. The number of nitrogens with zero attached hydrogens (tertiary/aromatic N) is 2. The summed E-state index contributed by atoms with van der Waals surface area (Å²) in [5.74, 6) is 0.0600. The van der Waals surface area contributed by atoms with E-state index in [1.807, 2.05) is 42.5 Å². The molecule has 0 aliphatic heterocycles. The molecule has 0 spiro atoms. The minimum atomic E-state index is -0.272. The molecule has 0 aliphatic carbocycles. The zero-order valence-electron chi connectivity index (χ0n) is 15.4. The van der Waals surface area contributed by atoms with Crippen LogP contribution in [0.25, 0.3) is 22.6 Å². The normalized spacial score (nSPS) is 10.8. The number of fused-ring (bicyclic) bond motifs is 1. The predicted molar refractivity (Wildman–Crippen MR) is 117 cm³/mol. The van der Waals surface area contributed by atoms with E-state index < -0.39 is 0 Å². The number of likely N-dealkylation sites (N-methyl/N-ethyl adjacent to an activating group) is 1. The second kappa shape index (κ2) is 8.18. The van der Waals surface area contributed by atoms with E-state index in [9.17, 15) is 9.59 Å². The fourth-order valence-electron chi connectivity index (χ4n) is 2.80. The number of thiophene rings is 1. The van der Waals surface area contributed by atoms with Crippen LogP contribution in [0, 0.1) is 0 Å². The van der Waals surface area contributed by atoms with Crippen LogP contribution in [0.2, 0.25) is 0 Å². The van der Waals surface area contributed by atoms with Gasteiger partial charge in [-0.15, -0.1) is 11.3 Å². The molecule has 0 radical (unpaired) electrons. The fraction of sp³-hybridized carbons (Fsp3) is 0.0952. The van der Waals surface area contributed by atoms with Gasteiger partial charge in [-0.05, 0) is 64.5 Å². The van der Waals surface area contributed by atoms with E-state index >= 15 is 0 Å². The SMILES string of the molecule is CN(CC(=O)Nc1ccc(-c2nc3ccccc3o2)cc1)C(=O)c1ccc(Br)s1. The van der Waals surface area contributed by atoms with E-state index in [0.29, 0.717) is 16.5 Å². The van der Waals surface area contributed by atoms with Crippen LogP contribution in [-0.2, 0) is 4.79 Å². The van der Waals surface area contributed by atoms with Crippen molar-refractivity contribution in [3.8, 4) is 11.5 Å². The molecule has 2 heterocycles. The van der Waals surface area contributed by atoms with E-state index in [1.165, 1.54) is 16.2 Å². The van der Waals surface area contributed by atoms with Gasteiger partial charge in [-0.25, -0.2) is 4.98 Å². The Bertz CT molecular complexity index is 1150. The number of nitrogens with one attached hydrogen (secondary N) is 1. The molecule has 4 aromatic rings. The van der Waals surface area contributed by atoms with Gasteiger partial charge in [0, 0.05) is 18.3 Å². The molecule has 6 nitrogen and oxygen atoms in total. The standard InChI is InChI=1S/C21H16BrN3O3S/c1-25(21(27)17-10-11-18(22)29-17)12-19(26)23-14-8-6-13(7-9-14)20-24-15-4-2-3-5-16(15)28-20/h2-11H,12H2,1H3,(H,23,26). The maximum Gasteiger partial charge on any atom is 0.264 e. The molecule has 29 heavy (non-hydrogen) atoms. The average molecular weight is 470 g/mol. The number of carbonyl (C=O) groups is 2. The predicted octanol–water partition coefficient (Wildman–Crippen LogP) is 5.03. The molecule has 0 atom stereocenters. The first-order chi connectivity index (χ1) is 14.0. The van der Waals surface area contributed by atoms with E-state index in [2.05, 4.69) is 26.2 Å². The highest BCUT2D eigenvalue weighted by Gasteiger charge is 2.17. The molecule has 0 saturated heterocycles. The van der Waals surface area contributed by atoms with Gasteiger partial charge in [0.1, 0.15) is 5.52 Å². The van der Waals surface area contributed by atoms with Crippen LogP contribution in [0.1, 0.15) is 9.67 Å². The Hall–Kier alpha value is -2.97. The molecular weight excluding hydrogens is 454 g/mol. The Morgan fingerprint density at radius 1 is 1.10 bits per heavy atom. The largest absolute Gasteiger partial charge is 0.436 e. The zero-order chi connectivity index (χ0) is 20.4. The van der Waals surface area contributed by atoms with Crippen LogP contribution >= 0.6 is 27.3 Å². The molecule has 4 rings (SSSR count).